The standard InChI is InChI=1S/C27H27N3O4S/c1-17-9-12-28-16-30(29-13-10-20(31)26(32)25(29)27(28)33)24-19-6-2-3-8-22(19)35-15-18-5-4-7-21(23(18)24)34-14-11-17/h2-8,10,13,17,24,32H,9,11-12,14-16H2,1H3/t17-,24+/m0/s1. The molecule has 180 valence electrons. The van der Waals surface area contributed by atoms with Crippen LogP contribution in [-0.2, 0) is 5.75 Å². The highest BCUT2D eigenvalue weighted by Crippen LogP contribution is 2.46. The Morgan fingerprint density at radius 2 is 1.91 bits per heavy atom. The van der Waals surface area contributed by atoms with E-state index in [0.717, 1.165) is 40.4 Å². The van der Waals surface area contributed by atoms with Gasteiger partial charge in [-0.1, -0.05) is 37.3 Å². The van der Waals surface area contributed by atoms with Gasteiger partial charge in [0.1, 0.15) is 18.5 Å². The summed E-state index contributed by atoms with van der Waals surface area (Å²) in [6.07, 6.45) is 3.29. The first-order valence-electron chi connectivity index (χ1n) is 12.0. The highest BCUT2D eigenvalue weighted by molar-refractivity contribution is 7.98. The lowest BCUT2D eigenvalue weighted by Crippen LogP contribution is -2.56. The SMILES string of the molecule is C[C@@H]1CCOc2cccc3c2[C@@H](c2ccccc2SC3)N2CN(CC1)C(=O)c1c(O)c(=O)ccn12. The van der Waals surface area contributed by atoms with Crippen molar-refractivity contribution in [3.63, 3.8) is 0 Å². The number of hydrogen-bond donors (Lipinski definition) is 1. The van der Waals surface area contributed by atoms with Crippen LogP contribution in [0.15, 0.2) is 64.4 Å². The first-order chi connectivity index (χ1) is 17.0. The first-order valence-corrected chi connectivity index (χ1v) is 13.0. The molecule has 0 fully saturated rings. The number of fused-ring (bicyclic) bond motifs is 7. The van der Waals surface area contributed by atoms with Crippen LogP contribution in [0.4, 0.5) is 0 Å². The van der Waals surface area contributed by atoms with Gasteiger partial charge in [0.15, 0.2) is 11.4 Å². The van der Waals surface area contributed by atoms with Gasteiger partial charge < -0.3 is 14.7 Å². The molecule has 3 aliphatic heterocycles. The van der Waals surface area contributed by atoms with Crippen molar-refractivity contribution in [3.8, 4) is 11.5 Å². The minimum atomic E-state index is -0.554. The van der Waals surface area contributed by atoms with Crippen molar-refractivity contribution in [2.75, 3.05) is 24.8 Å². The van der Waals surface area contributed by atoms with Crippen molar-refractivity contribution in [2.45, 2.75) is 36.5 Å². The molecule has 0 spiro atoms. The van der Waals surface area contributed by atoms with Crippen LogP contribution in [-0.4, -0.2) is 40.4 Å². The molecule has 0 unspecified atom stereocenters. The van der Waals surface area contributed by atoms with Crippen molar-refractivity contribution in [3.05, 3.63) is 87.3 Å². The van der Waals surface area contributed by atoms with Gasteiger partial charge >= 0.3 is 0 Å². The monoisotopic (exact) mass is 489 g/mol. The maximum Gasteiger partial charge on any atom is 0.277 e. The molecule has 2 bridgehead atoms. The van der Waals surface area contributed by atoms with Gasteiger partial charge in [-0.2, -0.15) is 0 Å². The summed E-state index contributed by atoms with van der Waals surface area (Å²) in [7, 11) is 0. The molecule has 1 aromatic heterocycles. The first kappa shape index (κ1) is 22.1. The Labute approximate surface area is 207 Å². The van der Waals surface area contributed by atoms with Crippen LogP contribution < -0.4 is 15.2 Å². The van der Waals surface area contributed by atoms with E-state index in [-0.39, 0.29) is 17.6 Å². The fraction of sp³-hybridized carbons (Fsp3) is 0.333. The smallest absolute Gasteiger partial charge is 0.277 e. The van der Waals surface area contributed by atoms with Gasteiger partial charge in [-0.05, 0) is 42.0 Å². The highest BCUT2D eigenvalue weighted by Gasteiger charge is 2.39. The van der Waals surface area contributed by atoms with Gasteiger partial charge in [-0.3, -0.25) is 19.3 Å². The van der Waals surface area contributed by atoms with Gasteiger partial charge in [-0.15, -0.1) is 11.8 Å². The summed E-state index contributed by atoms with van der Waals surface area (Å²) in [6, 6.07) is 15.6. The molecule has 4 heterocycles. The second-order valence-electron chi connectivity index (χ2n) is 9.46. The van der Waals surface area contributed by atoms with Crippen molar-refractivity contribution < 1.29 is 14.6 Å². The molecule has 1 N–H and O–H groups in total. The molecule has 2 aromatic carbocycles. The lowest BCUT2D eigenvalue weighted by atomic mass is 9.93. The number of amides is 1. The Bertz CT molecular complexity index is 1370. The van der Waals surface area contributed by atoms with Gasteiger partial charge in [0.2, 0.25) is 5.43 Å². The number of aromatic nitrogens is 1. The number of thioether (sulfide) groups is 1. The van der Waals surface area contributed by atoms with Crippen LogP contribution in [0.1, 0.15) is 53.0 Å². The molecule has 3 aromatic rings. The minimum absolute atomic E-state index is 0.0165. The van der Waals surface area contributed by atoms with Crippen molar-refractivity contribution in [1.82, 2.24) is 9.58 Å². The maximum atomic E-state index is 13.5. The van der Waals surface area contributed by atoms with E-state index in [1.165, 1.54) is 11.6 Å². The van der Waals surface area contributed by atoms with E-state index < -0.39 is 11.2 Å². The number of carbonyl (C=O) groups is 1. The molecule has 2 atom stereocenters. The van der Waals surface area contributed by atoms with E-state index in [0.29, 0.717) is 25.7 Å². The molecule has 8 heteroatoms. The van der Waals surface area contributed by atoms with E-state index >= 15 is 0 Å². The Morgan fingerprint density at radius 1 is 1.06 bits per heavy atom. The Hall–Kier alpha value is -3.39. The predicted octanol–water partition coefficient (Wildman–Crippen LogP) is 4.11. The third-order valence-electron chi connectivity index (χ3n) is 7.22. The van der Waals surface area contributed by atoms with Crippen LogP contribution in [0.2, 0.25) is 0 Å². The van der Waals surface area contributed by atoms with Gasteiger partial charge in [0.05, 0.1) is 6.61 Å². The van der Waals surface area contributed by atoms with E-state index in [1.54, 1.807) is 27.5 Å². The van der Waals surface area contributed by atoms with Crippen molar-refractivity contribution >= 4 is 17.7 Å². The second-order valence-corrected chi connectivity index (χ2v) is 10.5. The summed E-state index contributed by atoms with van der Waals surface area (Å²) in [5.41, 5.74) is 2.81. The largest absolute Gasteiger partial charge is 0.502 e. The van der Waals surface area contributed by atoms with Crippen molar-refractivity contribution in [1.29, 1.82) is 0 Å². The topological polar surface area (TPSA) is 75.0 Å². The van der Waals surface area contributed by atoms with Crippen LogP contribution >= 0.6 is 11.8 Å². The van der Waals surface area contributed by atoms with Crippen molar-refractivity contribution in [2.24, 2.45) is 5.92 Å². The fourth-order valence-corrected chi connectivity index (χ4v) is 6.35. The predicted molar refractivity (Wildman–Crippen MR) is 135 cm³/mol. The molecule has 1 amide bonds. The number of aromatic hydroxyl groups is 1. The lowest BCUT2D eigenvalue weighted by molar-refractivity contribution is 0.0665. The number of benzene rings is 2. The average Bonchev–Trinajstić information content (AvgIpc) is 3.02. The van der Waals surface area contributed by atoms with E-state index in [2.05, 4.69) is 30.1 Å². The molecule has 6 rings (SSSR count). The number of nitrogens with zero attached hydrogens (tertiary/aromatic N) is 3. The molecule has 0 saturated carbocycles. The highest BCUT2D eigenvalue weighted by atomic mass is 32.2. The van der Waals surface area contributed by atoms with Crippen LogP contribution in [0, 0.1) is 5.92 Å². The number of carbonyl (C=O) groups excluding carboxylic acids is 1. The number of pyridine rings is 1. The number of hydrogen-bond acceptors (Lipinski definition) is 6. The molecule has 0 aliphatic carbocycles. The third kappa shape index (κ3) is 3.67. The van der Waals surface area contributed by atoms with Crippen LogP contribution in [0.25, 0.3) is 0 Å². The Morgan fingerprint density at radius 3 is 2.80 bits per heavy atom. The average molecular weight is 490 g/mol. The molecule has 3 aliphatic rings. The van der Waals surface area contributed by atoms with Crippen LogP contribution in [0.5, 0.6) is 11.5 Å². The molecule has 35 heavy (non-hydrogen) atoms. The molecule has 0 saturated heterocycles. The quantitative estimate of drug-likeness (QED) is 0.512. The maximum absolute atomic E-state index is 13.5. The Balaban J connectivity index is 1.65. The summed E-state index contributed by atoms with van der Waals surface area (Å²) >= 11 is 1.79. The summed E-state index contributed by atoms with van der Waals surface area (Å²) in [5, 5.41) is 12.8. The Kier molecular flexibility index (Phi) is 5.48. The zero-order valence-corrected chi connectivity index (χ0v) is 20.3. The summed E-state index contributed by atoms with van der Waals surface area (Å²) < 4.78 is 8.08. The molecule has 0 radical (unpaired) electrons. The summed E-state index contributed by atoms with van der Waals surface area (Å²) in [4.78, 5) is 28.8. The molecular weight excluding hydrogens is 462 g/mol. The lowest BCUT2D eigenvalue weighted by Gasteiger charge is -2.44. The second kappa shape index (κ2) is 8.68. The molecule has 7 nitrogen and oxygen atoms in total. The van der Waals surface area contributed by atoms with E-state index in [4.69, 9.17) is 4.74 Å². The number of ether oxygens (including phenoxy) is 1. The van der Waals surface area contributed by atoms with Gasteiger partial charge in [0, 0.05) is 35.0 Å². The zero-order chi connectivity index (χ0) is 24.1. The minimum Gasteiger partial charge on any atom is -0.502 e. The third-order valence-corrected chi connectivity index (χ3v) is 8.36. The summed E-state index contributed by atoms with van der Waals surface area (Å²) in [6.45, 7) is 3.64. The van der Waals surface area contributed by atoms with Gasteiger partial charge in [-0.25, -0.2) is 0 Å². The van der Waals surface area contributed by atoms with E-state index in [9.17, 15) is 14.7 Å². The van der Waals surface area contributed by atoms with E-state index in [1.807, 2.05) is 24.3 Å². The fourth-order valence-electron chi connectivity index (χ4n) is 5.27. The number of rotatable bonds is 0. The summed E-state index contributed by atoms with van der Waals surface area (Å²) in [5.74, 6) is 1.18. The zero-order valence-electron chi connectivity index (χ0n) is 19.5. The van der Waals surface area contributed by atoms with Gasteiger partial charge in [0.25, 0.3) is 5.91 Å². The normalized spacial score (nSPS) is 21.5. The molecular formula is C27H27N3O4S. The van der Waals surface area contributed by atoms with Crippen LogP contribution in [0.3, 0.4) is 0 Å².